The van der Waals surface area contributed by atoms with Gasteiger partial charge in [0.1, 0.15) is 0 Å². The zero-order valence-electron chi connectivity index (χ0n) is 11.6. The van der Waals surface area contributed by atoms with Gasteiger partial charge in [-0.3, -0.25) is 0 Å². The van der Waals surface area contributed by atoms with Crippen LogP contribution in [-0.4, -0.2) is 34.8 Å². The first-order valence-corrected chi connectivity index (χ1v) is 7.94. The molecule has 5 nitrogen and oxygen atoms in total. The summed E-state index contributed by atoms with van der Waals surface area (Å²) < 4.78 is 5.73. The second-order valence-corrected chi connectivity index (χ2v) is 6.04. The fraction of sp³-hybridized carbons (Fsp3) is 0.429. The van der Waals surface area contributed by atoms with E-state index in [-0.39, 0.29) is 18.4 Å². The van der Waals surface area contributed by atoms with Gasteiger partial charge in [-0.25, -0.2) is 0 Å². The molecule has 0 bridgehead atoms. The van der Waals surface area contributed by atoms with Gasteiger partial charge in [0.2, 0.25) is 5.89 Å². The molecule has 2 aromatic rings. The van der Waals surface area contributed by atoms with Crippen molar-refractivity contribution in [3.8, 4) is 0 Å². The molecule has 0 unspecified atom stereocenters. The van der Waals surface area contributed by atoms with Crippen molar-refractivity contribution in [1.82, 2.24) is 10.2 Å². The molecule has 1 saturated heterocycles. The van der Waals surface area contributed by atoms with Crippen LogP contribution < -0.4 is 10.6 Å². The number of aromatic nitrogens is 2. The molecule has 2 heterocycles. The highest BCUT2D eigenvalue weighted by Crippen LogP contribution is 2.21. The van der Waals surface area contributed by atoms with E-state index in [2.05, 4.69) is 27.2 Å². The highest BCUT2D eigenvalue weighted by atomic mass is 35.5. The van der Waals surface area contributed by atoms with E-state index in [1.54, 1.807) is 0 Å². The van der Waals surface area contributed by atoms with Crippen molar-refractivity contribution in [2.45, 2.75) is 12.5 Å². The predicted octanol–water partition coefficient (Wildman–Crippen LogP) is 2.29. The van der Waals surface area contributed by atoms with E-state index in [1.807, 2.05) is 30.0 Å². The second-order valence-electron chi connectivity index (χ2n) is 4.82. The summed E-state index contributed by atoms with van der Waals surface area (Å²) in [5.41, 5.74) is 7.33. The SMILES string of the molecule is Cl.N[C@H](Cc1ccccc1)c1nnc(N2CCSCC2)o1. The number of benzene rings is 1. The maximum atomic E-state index is 6.15. The van der Waals surface area contributed by atoms with E-state index < -0.39 is 0 Å². The smallest absolute Gasteiger partial charge is 0.318 e. The summed E-state index contributed by atoms with van der Waals surface area (Å²) in [4.78, 5) is 2.13. The van der Waals surface area contributed by atoms with E-state index in [0.29, 0.717) is 18.3 Å². The molecule has 1 aromatic heterocycles. The van der Waals surface area contributed by atoms with Crippen molar-refractivity contribution < 1.29 is 4.42 Å². The number of rotatable bonds is 4. The second kappa shape index (κ2) is 7.68. The third-order valence-corrected chi connectivity index (χ3v) is 4.27. The first kappa shape index (κ1) is 16.1. The molecule has 1 atom stereocenters. The lowest BCUT2D eigenvalue weighted by molar-refractivity contribution is 0.444. The van der Waals surface area contributed by atoms with Gasteiger partial charge >= 0.3 is 6.01 Å². The van der Waals surface area contributed by atoms with E-state index in [4.69, 9.17) is 10.2 Å². The molecule has 3 rings (SSSR count). The van der Waals surface area contributed by atoms with E-state index >= 15 is 0 Å². The first-order valence-electron chi connectivity index (χ1n) is 6.78. The lowest BCUT2D eigenvalue weighted by Gasteiger charge is -2.23. The monoisotopic (exact) mass is 326 g/mol. The van der Waals surface area contributed by atoms with Gasteiger partial charge in [0.05, 0.1) is 6.04 Å². The van der Waals surface area contributed by atoms with Gasteiger partial charge in [-0.05, 0) is 12.0 Å². The largest absolute Gasteiger partial charge is 0.406 e. The predicted molar refractivity (Wildman–Crippen MR) is 88.2 cm³/mol. The van der Waals surface area contributed by atoms with Crippen molar-refractivity contribution >= 4 is 30.2 Å². The van der Waals surface area contributed by atoms with Crippen molar-refractivity contribution in [3.05, 3.63) is 41.8 Å². The highest BCUT2D eigenvalue weighted by molar-refractivity contribution is 7.99. The Morgan fingerprint density at radius 2 is 1.90 bits per heavy atom. The minimum atomic E-state index is -0.252. The highest BCUT2D eigenvalue weighted by Gasteiger charge is 2.20. The molecule has 0 amide bonds. The van der Waals surface area contributed by atoms with Crippen LogP contribution in [0.15, 0.2) is 34.7 Å². The number of halogens is 1. The van der Waals surface area contributed by atoms with Gasteiger partial charge in [-0.15, -0.1) is 17.5 Å². The van der Waals surface area contributed by atoms with E-state index in [0.717, 1.165) is 24.6 Å². The number of hydrogen-bond donors (Lipinski definition) is 1. The number of anilines is 1. The Hall–Kier alpha value is -1.24. The molecule has 1 aliphatic heterocycles. The molecule has 0 radical (unpaired) electrons. The Balaban J connectivity index is 0.00000161. The molecule has 0 aliphatic carbocycles. The van der Waals surface area contributed by atoms with E-state index in [9.17, 15) is 0 Å². The number of nitrogens with two attached hydrogens (primary N) is 1. The number of hydrogen-bond acceptors (Lipinski definition) is 6. The van der Waals surface area contributed by atoms with Crippen LogP contribution in [0.4, 0.5) is 6.01 Å². The number of thioether (sulfide) groups is 1. The molecular formula is C14H19ClN4OS. The maximum Gasteiger partial charge on any atom is 0.318 e. The first-order chi connectivity index (χ1) is 9.83. The van der Waals surface area contributed by atoms with Gasteiger partial charge in [0.15, 0.2) is 0 Å². The van der Waals surface area contributed by atoms with Gasteiger partial charge in [-0.1, -0.05) is 35.4 Å². The Bertz CT molecular complexity index is 545. The van der Waals surface area contributed by atoms with Gasteiger partial charge < -0.3 is 15.1 Å². The van der Waals surface area contributed by atoms with Crippen molar-refractivity contribution in [3.63, 3.8) is 0 Å². The van der Waals surface area contributed by atoms with Crippen molar-refractivity contribution in [2.75, 3.05) is 29.5 Å². The van der Waals surface area contributed by atoms with Gasteiger partial charge in [0.25, 0.3) is 0 Å². The van der Waals surface area contributed by atoms with Crippen molar-refractivity contribution in [2.24, 2.45) is 5.73 Å². The maximum absolute atomic E-state index is 6.15. The molecule has 1 fully saturated rings. The Kier molecular flexibility index (Phi) is 5.90. The van der Waals surface area contributed by atoms with Crippen molar-refractivity contribution in [1.29, 1.82) is 0 Å². The molecule has 1 aliphatic rings. The third-order valence-electron chi connectivity index (χ3n) is 3.33. The molecular weight excluding hydrogens is 308 g/mol. The standard InChI is InChI=1S/C14H18N4OS.ClH/c15-12(10-11-4-2-1-3-5-11)13-16-17-14(19-13)18-6-8-20-9-7-18;/h1-5,12H,6-10,15H2;1H/t12-;/m1./s1. The van der Waals surface area contributed by atoms with Crippen LogP contribution >= 0.6 is 24.2 Å². The minimum Gasteiger partial charge on any atom is -0.406 e. The summed E-state index contributed by atoms with van der Waals surface area (Å²) in [6.45, 7) is 1.92. The van der Waals surface area contributed by atoms with E-state index in [1.165, 1.54) is 5.56 Å². The zero-order chi connectivity index (χ0) is 13.8. The molecule has 0 spiro atoms. The molecule has 114 valence electrons. The third kappa shape index (κ3) is 4.12. The fourth-order valence-electron chi connectivity index (χ4n) is 2.21. The molecule has 0 saturated carbocycles. The lowest BCUT2D eigenvalue weighted by Crippen LogP contribution is -2.32. The summed E-state index contributed by atoms with van der Waals surface area (Å²) in [5.74, 6) is 2.73. The summed E-state index contributed by atoms with van der Waals surface area (Å²) in [7, 11) is 0. The Labute approximate surface area is 134 Å². The summed E-state index contributed by atoms with van der Waals surface area (Å²) in [6, 6.07) is 10.5. The quantitative estimate of drug-likeness (QED) is 0.929. The average molecular weight is 327 g/mol. The van der Waals surface area contributed by atoms with Gasteiger partial charge in [0, 0.05) is 24.6 Å². The number of nitrogens with zero attached hydrogens (tertiary/aromatic N) is 3. The summed E-state index contributed by atoms with van der Waals surface area (Å²) in [6.07, 6.45) is 0.707. The van der Waals surface area contributed by atoms with Crippen LogP contribution in [0.5, 0.6) is 0 Å². The zero-order valence-corrected chi connectivity index (χ0v) is 13.3. The topological polar surface area (TPSA) is 68.2 Å². The molecule has 7 heteroatoms. The van der Waals surface area contributed by atoms with Crippen LogP contribution in [0.25, 0.3) is 0 Å². The van der Waals surface area contributed by atoms with Crippen LogP contribution in [-0.2, 0) is 6.42 Å². The van der Waals surface area contributed by atoms with Crippen LogP contribution in [0.3, 0.4) is 0 Å². The lowest BCUT2D eigenvalue weighted by atomic mass is 10.1. The molecule has 1 aromatic carbocycles. The van der Waals surface area contributed by atoms with Crippen LogP contribution in [0.2, 0.25) is 0 Å². The summed E-state index contributed by atoms with van der Waals surface area (Å²) >= 11 is 1.95. The fourth-order valence-corrected chi connectivity index (χ4v) is 3.12. The average Bonchev–Trinajstić information content (AvgIpc) is 2.99. The molecule has 21 heavy (non-hydrogen) atoms. The van der Waals surface area contributed by atoms with Crippen LogP contribution in [0, 0.1) is 0 Å². The normalized spacial score (nSPS) is 16.3. The van der Waals surface area contributed by atoms with Gasteiger partial charge in [-0.2, -0.15) is 11.8 Å². The molecule has 2 N–H and O–H groups in total. The minimum absolute atomic E-state index is 0. The Morgan fingerprint density at radius 3 is 2.62 bits per heavy atom. The van der Waals surface area contributed by atoms with Crippen LogP contribution in [0.1, 0.15) is 17.5 Å². The Morgan fingerprint density at radius 1 is 1.19 bits per heavy atom. The summed E-state index contributed by atoms with van der Waals surface area (Å²) in [5, 5.41) is 8.22.